The number of amides is 1. The quantitative estimate of drug-likeness (QED) is 0.479. The molecule has 0 radical (unpaired) electrons. The van der Waals surface area contributed by atoms with Gasteiger partial charge in [-0.25, -0.2) is 8.42 Å². The van der Waals surface area contributed by atoms with Crippen LogP contribution in [0.15, 0.2) is 65.6 Å². The number of halogens is 1. The normalized spacial score (nSPS) is 14.4. The maximum Gasteiger partial charge on any atom is 0.270 e. The van der Waals surface area contributed by atoms with E-state index in [9.17, 15) is 13.2 Å². The lowest BCUT2D eigenvalue weighted by molar-refractivity contribution is -0.112. The lowest BCUT2D eigenvalue weighted by Gasteiger charge is -2.33. The number of anilines is 2. The highest BCUT2D eigenvalue weighted by atomic mass is 35.5. The van der Waals surface area contributed by atoms with Gasteiger partial charge in [-0.05, 0) is 48.7 Å². The zero-order valence-corrected chi connectivity index (χ0v) is 21.3. The molecule has 1 aliphatic heterocycles. The van der Waals surface area contributed by atoms with Gasteiger partial charge in [-0.2, -0.15) is 0 Å². The molecule has 0 spiro atoms. The van der Waals surface area contributed by atoms with Crippen molar-refractivity contribution >= 4 is 44.5 Å². The number of benzene rings is 3. The number of rotatable bonds is 6. The van der Waals surface area contributed by atoms with Crippen molar-refractivity contribution in [2.45, 2.75) is 20.4 Å². The van der Waals surface area contributed by atoms with Crippen molar-refractivity contribution < 1.29 is 22.7 Å². The van der Waals surface area contributed by atoms with E-state index >= 15 is 0 Å². The fourth-order valence-electron chi connectivity index (χ4n) is 4.06. The molecule has 0 unspecified atom stereocenters. The lowest BCUT2D eigenvalue weighted by atomic mass is 10.0. The number of sulfonamides is 1. The van der Waals surface area contributed by atoms with Crippen molar-refractivity contribution in [3.8, 4) is 11.5 Å². The van der Waals surface area contributed by atoms with Gasteiger partial charge in [0.05, 0.1) is 26.5 Å². The number of hydrogen-bond acceptors (Lipinski definition) is 5. The Balaban J connectivity index is 1.90. The molecule has 1 N–H and O–H groups in total. The highest BCUT2D eigenvalue weighted by Crippen LogP contribution is 2.45. The molecule has 4 rings (SSSR count). The van der Waals surface area contributed by atoms with Crippen molar-refractivity contribution in [1.82, 2.24) is 0 Å². The van der Waals surface area contributed by atoms with Crippen molar-refractivity contribution in [3.05, 3.63) is 87.3 Å². The maximum atomic E-state index is 13.9. The van der Waals surface area contributed by atoms with Gasteiger partial charge >= 0.3 is 0 Å². The third-order valence-electron chi connectivity index (χ3n) is 5.95. The first-order valence-corrected chi connectivity index (χ1v) is 12.6. The number of allylic oxidation sites excluding steroid dienone is 1. The van der Waals surface area contributed by atoms with Crippen LogP contribution in [0, 0.1) is 6.92 Å². The van der Waals surface area contributed by atoms with Gasteiger partial charge in [0, 0.05) is 22.3 Å². The molecule has 1 amide bonds. The van der Waals surface area contributed by atoms with E-state index in [1.54, 1.807) is 44.2 Å². The summed E-state index contributed by atoms with van der Waals surface area (Å²) in [6, 6.07) is 17.5. The Hall–Kier alpha value is -3.49. The van der Waals surface area contributed by atoms with Gasteiger partial charge < -0.3 is 14.8 Å². The number of ether oxygens (including phenoxy) is 2. The Morgan fingerprint density at radius 3 is 2.29 bits per heavy atom. The minimum atomic E-state index is -4.24. The largest absolute Gasteiger partial charge is 0.493 e. The molecule has 3 aromatic carbocycles. The minimum Gasteiger partial charge on any atom is -0.493 e. The summed E-state index contributed by atoms with van der Waals surface area (Å²) >= 11 is 6.19. The molecule has 1 heterocycles. The molecule has 7 nitrogen and oxygen atoms in total. The fourth-order valence-corrected chi connectivity index (χ4v) is 5.97. The summed E-state index contributed by atoms with van der Waals surface area (Å²) in [5, 5.41) is 3.20. The molecule has 0 aromatic heterocycles. The molecule has 0 atom stereocenters. The van der Waals surface area contributed by atoms with E-state index in [2.05, 4.69) is 5.32 Å². The molecular formula is C26H25ClN2O5S. The van der Waals surface area contributed by atoms with Crippen LogP contribution in [-0.2, 0) is 21.4 Å². The molecule has 182 valence electrons. The molecule has 9 heteroatoms. The first-order valence-electron chi connectivity index (χ1n) is 10.8. The molecule has 0 fully saturated rings. The predicted octanol–water partition coefficient (Wildman–Crippen LogP) is 5.39. The van der Waals surface area contributed by atoms with Gasteiger partial charge in [-0.1, -0.05) is 48.0 Å². The summed E-state index contributed by atoms with van der Waals surface area (Å²) in [4.78, 5) is 13.1. The van der Waals surface area contributed by atoms with Gasteiger partial charge in [0.25, 0.3) is 15.9 Å². The van der Waals surface area contributed by atoms with Crippen LogP contribution in [0.3, 0.4) is 0 Å². The SMILES string of the molecule is COc1cc2c(cc1OC)N(Cc1ccccc1)S(=O)(=O)C(C(=O)Nc1cccc(Cl)c1C)=C2C. The van der Waals surface area contributed by atoms with Crippen molar-refractivity contribution in [3.63, 3.8) is 0 Å². The molecule has 0 aliphatic carbocycles. The van der Waals surface area contributed by atoms with E-state index in [-0.39, 0.29) is 11.4 Å². The molecule has 1 aliphatic rings. The Morgan fingerprint density at radius 2 is 1.63 bits per heavy atom. The predicted molar refractivity (Wildman–Crippen MR) is 139 cm³/mol. The summed E-state index contributed by atoms with van der Waals surface area (Å²) < 4.78 is 40.0. The van der Waals surface area contributed by atoms with Crippen LogP contribution in [0.4, 0.5) is 11.4 Å². The highest BCUT2D eigenvalue weighted by Gasteiger charge is 2.40. The first-order chi connectivity index (χ1) is 16.7. The van der Waals surface area contributed by atoms with Crippen molar-refractivity contribution in [2.75, 3.05) is 23.8 Å². The Bertz CT molecular complexity index is 1440. The number of carbonyl (C=O) groups excluding carboxylic acids is 1. The molecule has 0 saturated carbocycles. The Labute approximate surface area is 210 Å². The van der Waals surface area contributed by atoms with Crippen LogP contribution >= 0.6 is 11.6 Å². The topological polar surface area (TPSA) is 84.9 Å². The smallest absolute Gasteiger partial charge is 0.270 e. The second kappa shape index (κ2) is 9.64. The molecule has 0 bridgehead atoms. The summed E-state index contributed by atoms with van der Waals surface area (Å²) in [7, 11) is -1.26. The second-order valence-corrected chi connectivity index (χ2v) is 10.2. The first kappa shape index (κ1) is 24.6. The van der Waals surface area contributed by atoms with Crippen LogP contribution in [0.5, 0.6) is 11.5 Å². The average Bonchev–Trinajstić information content (AvgIpc) is 2.84. The van der Waals surface area contributed by atoms with Crippen molar-refractivity contribution in [1.29, 1.82) is 0 Å². The fraction of sp³-hybridized carbons (Fsp3) is 0.192. The minimum absolute atomic E-state index is 0.0336. The number of nitrogens with one attached hydrogen (secondary N) is 1. The average molecular weight is 513 g/mol. The van der Waals surface area contributed by atoms with Crippen LogP contribution in [0.2, 0.25) is 5.02 Å². The van der Waals surface area contributed by atoms with E-state index in [0.29, 0.717) is 44.6 Å². The molecule has 35 heavy (non-hydrogen) atoms. The highest BCUT2D eigenvalue weighted by molar-refractivity contribution is 7.97. The lowest BCUT2D eigenvalue weighted by Crippen LogP contribution is -2.39. The summed E-state index contributed by atoms with van der Waals surface area (Å²) in [6.45, 7) is 3.40. The number of carbonyl (C=O) groups is 1. The summed E-state index contributed by atoms with van der Waals surface area (Å²) in [5.41, 5.74) is 3.11. The van der Waals surface area contributed by atoms with Crippen LogP contribution in [0.1, 0.15) is 23.6 Å². The number of methoxy groups -OCH3 is 2. The third kappa shape index (κ3) is 4.47. The number of hydrogen-bond donors (Lipinski definition) is 1. The van der Waals surface area contributed by atoms with Gasteiger partial charge in [0.2, 0.25) is 0 Å². The van der Waals surface area contributed by atoms with Gasteiger partial charge in [0.15, 0.2) is 16.4 Å². The van der Waals surface area contributed by atoms with Crippen LogP contribution in [-0.4, -0.2) is 28.5 Å². The van der Waals surface area contributed by atoms with Gasteiger partial charge in [0.1, 0.15) is 0 Å². The monoisotopic (exact) mass is 512 g/mol. The maximum absolute atomic E-state index is 13.9. The molecular weight excluding hydrogens is 488 g/mol. The molecule has 3 aromatic rings. The van der Waals surface area contributed by atoms with E-state index < -0.39 is 15.9 Å². The van der Waals surface area contributed by atoms with Crippen LogP contribution in [0.25, 0.3) is 5.57 Å². The Morgan fingerprint density at radius 1 is 0.971 bits per heavy atom. The molecule has 0 saturated heterocycles. The van der Waals surface area contributed by atoms with Crippen LogP contribution < -0.4 is 19.1 Å². The van der Waals surface area contributed by atoms with Crippen molar-refractivity contribution in [2.24, 2.45) is 0 Å². The number of nitrogens with zero attached hydrogens (tertiary/aromatic N) is 1. The third-order valence-corrected chi connectivity index (χ3v) is 8.28. The summed E-state index contributed by atoms with van der Waals surface area (Å²) in [6.07, 6.45) is 0. The second-order valence-electron chi connectivity index (χ2n) is 8.04. The van der Waals surface area contributed by atoms with Gasteiger partial charge in [-0.15, -0.1) is 0 Å². The zero-order valence-electron chi connectivity index (χ0n) is 19.8. The standard InChI is InChI=1S/C26H25ClN2O5S/c1-16-19-13-23(33-3)24(34-4)14-22(19)29(15-18-9-6-5-7-10-18)35(31,32)25(16)26(30)28-21-12-8-11-20(27)17(21)2/h5-14H,15H2,1-4H3,(H,28,30). The number of fused-ring (bicyclic) bond motifs is 1. The zero-order chi connectivity index (χ0) is 25.3. The van der Waals surface area contributed by atoms with Gasteiger partial charge in [-0.3, -0.25) is 9.10 Å². The Kier molecular flexibility index (Phi) is 6.78. The van der Waals surface area contributed by atoms with E-state index in [1.807, 2.05) is 30.3 Å². The summed E-state index contributed by atoms with van der Waals surface area (Å²) in [5.74, 6) is 0.0659. The van der Waals surface area contributed by atoms with E-state index in [1.165, 1.54) is 18.5 Å². The van der Waals surface area contributed by atoms with E-state index in [4.69, 9.17) is 21.1 Å². The van der Waals surface area contributed by atoms with E-state index in [0.717, 1.165) is 5.56 Å².